The highest BCUT2D eigenvalue weighted by atomic mass is 79.9. The van der Waals surface area contributed by atoms with Gasteiger partial charge in [0.1, 0.15) is 11.6 Å². The molecule has 0 aromatic carbocycles. The van der Waals surface area contributed by atoms with Crippen LogP contribution in [0.5, 0.6) is 0 Å². The molecular formula is C11H16BrN3O. The minimum Gasteiger partial charge on any atom is -0.393 e. The van der Waals surface area contributed by atoms with Gasteiger partial charge in [-0.1, -0.05) is 0 Å². The summed E-state index contributed by atoms with van der Waals surface area (Å²) in [5.74, 6) is 1.58. The average Bonchev–Trinajstić information content (AvgIpc) is 2.24. The summed E-state index contributed by atoms with van der Waals surface area (Å²) in [6.45, 7) is 1.87. The highest BCUT2D eigenvalue weighted by Gasteiger charge is 2.20. The fraction of sp³-hybridized carbons (Fsp3) is 0.636. The minimum atomic E-state index is -0.173. The van der Waals surface area contributed by atoms with Crippen molar-refractivity contribution in [3.05, 3.63) is 16.5 Å². The maximum absolute atomic E-state index is 9.60. The van der Waals surface area contributed by atoms with Crippen molar-refractivity contribution in [2.24, 2.45) is 0 Å². The molecule has 1 aliphatic rings. The Morgan fingerprint density at radius 2 is 2.31 bits per heavy atom. The smallest absolute Gasteiger partial charge is 0.144 e. The average molecular weight is 286 g/mol. The van der Waals surface area contributed by atoms with Gasteiger partial charge in [0.25, 0.3) is 0 Å². The Labute approximate surface area is 104 Å². The van der Waals surface area contributed by atoms with Crippen LogP contribution in [0.15, 0.2) is 10.7 Å². The number of aliphatic hydroxyl groups excluding tert-OH is 1. The van der Waals surface area contributed by atoms with E-state index in [1.807, 2.05) is 6.92 Å². The van der Waals surface area contributed by atoms with Crippen LogP contribution < -0.4 is 5.32 Å². The fourth-order valence-electron chi connectivity index (χ4n) is 2.04. The van der Waals surface area contributed by atoms with E-state index >= 15 is 0 Å². The summed E-state index contributed by atoms with van der Waals surface area (Å²) >= 11 is 3.42. The largest absolute Gasteiger partial charge is 0.393 e. The van der Waals surface area contributed by atoms with Gasteiger partial charge in [0.2, 0.25) is 0 Å². The van der Waals surface area contributed by atoms with Crippen LogP contribution in [0.3, 0.4) is 0 Å². The summed E-state index contributed by atoms with van der Waals surface area (Å²) in [4.78, 5) is 8.44. The molecule has 0 amide bonds. The van der Waals surface area contributed by atoms with Gasteiger partial charge in [0, 0.05) is 12.2 Å². The van der Waals surface area contributed by atoms with Gasteiger partial charge in [-0.3, -0.25) is 0 Å². The summed E-state index contributed by atoms with van der Waals surface area (Å²) in [5, 5.41) is 13.0. The lowest BCUT2D eigenvalue weighted by atomic mass is 9.93. The van der Waals surface area contributed by atoms with Gasteiger partial charge in [-0.15, -0.1) is 0 Å². The normalized spacial score (nSPS) is 25.4. The highest BCUT2D eigenvalue weighted by Crippen LogP contribution is 2.25. The van der Waals surface area contributed by atoms with Gasteiger partial charge in [0.05, 0.1) is 10.6 Å². The van der Waals surface area contributed by atoms with E-state index in [9.17, 15) is 5.11 Å². The molecule has 1 fully saturated rings. The van der Waals surface area contributed by atoms with E-state index in [0.717, 1.165) is 41.8 Å². The molecule has 2 atom stereocenters. The van der Waals surface area contributed by atoms with Gasteiger partial charge in [-0.25, -0.2) is 9.97 Å². The highest BCUT2D eigenvalue weighted by molar-refractivity contribution is 9.10. The second-order valence-corrected chi connectivity index (χ2v) is 5.13. The van der Waals surface area contributed by atoms with Crippen LogP contribution in [0.1, 0.15) is 31.5 Å². The number of nitrogens with zero attached hydrogens (tertiary/aromatic N) is 2. The number of aromatic nitrogens is 2. The molecule has 0 bridgehead atoms. The number of anilines is 1. The number of hydrogen-bond acceptors (Lipinski definition) is 4. The first-order valence-corrected chi connectivity index (χ1v) is 6.38. The van der Waals surface area contributed by atoms with E-state index in [-0.39, 0.29) is 6.10 Å². The van der Waals surface area contributed by atoms with Crippen LogP contribution in [0.2, 0.25) is 0 Å². The summed E-state index contributed by atoms with van der Waals surface area (Å²) in [6, 6.07) is 0.314. The van der Waals surface area contributed by atoms with Gasteiger partial charge in [-0.05, 0) is 48.5 Å². The Bertz CT molecular complexity index is 372. The van der Waals surface area contributed by atoms with Crippen LogP contribution in [-0.2, 0) is 0 Å². The Kier molecular flexibility index (Phi) is 3.76. The fourth-order valence-corrected chi connectivity index (χ4v) is 2.35. The molecule has 1 aromatic heterocycles. The van der Waals surface area contributed by atoms with Crippen molar-refractivity contribution in [1.29, 1.82) is 0 Å². The van der Waals surface area contributed by atoms with Crippen LogP contribution in [0, 0.1) is 6.92 Å². The number of rotatable bonds is 2. The molecule has 5 heteroatoms. The van der Waals surface area contributed by atoms with E-state index in [1.54, 1.807) is 6.20 Å². The molecule has 0 saturated heterocycles. The lowest BCUT2D eigenvalue weighted by Crippen LogP contribution is -2.30. The Hall–Kier alpha value is -0.680. The molecule has 16 heavy (non-hydrogen) atoms. The maximum Gasteiger partial charge on any atom is 0.144 e. The molecule has 1 heterocycles. The minimum absolute atomic E-state index is 0.173. The molecule has 1 aromatic rings. The van der Waals surface area contributed by atoms with Crippen molar-refractivity contribution < 1.29 is 5.11 Å². The molecule has 1 aliphatic carbocycles. The molecule has 1 saturated carbocycles. The summed E-state index contributed by atoms with van der Waals surface area (Å²) < 4.78 is 0.873. The van der Waals surface area contributed by atoms with Crippen molar-refractivity contribution in [1.82, 2.24) is 9.97 Å². The van der Waals surface area contributed by atoms with Gasteiger partial charge >= 0.3 is 0 Å². The third-order valence-electron chi connectivity index (χ3n) is 2.85. The molecule has 4 nitrogen and oxygen atoms in total. The first kappa shape index (κ1) is 11.8. The predicted molar refractivity (Wildman–Crippen MR) is 66.4 cm³/mol. The standard InChI is InChI=1S/C11H16BrN3O/c1-7-13-6-10(12)11(14-7)15-8-3-2-4-9(16)5-8/h6,8-9,16H,2-5H2,1H3,(H,13,14,15)/t8-,9+/m1/s1. The van der Waals surface area contributed by atoms with Gasteiger partial charge in [0.15, 0.2) is 0 Å². The summed E-state index contributed by atoms with van der Waals surface area (Å²) in [7, 11) is 0. The van der Waals surface area contributed by atoms with Crippen molar-refractivity contribution in [2.75, 3.05) is 5.32 Å². The molecule has 0 radical (unpaired) electrons. The van der Waals surface area contributed by atoms with Crippen LogP contribution >= 0.6 is 15.9 Å². The topological polar surface area (TPSA) is 58.0 Å². The SMILES string of the molecule is Cc1ncc(Br)c(N[C@@H]2CCC[C@H](O)C2)n1. The van der Waals surface area contributed by atoms with E-state index in [4.69, 9.17) is 0 Å². The van der Waals surface area contributed by atoms with Crippen molar-refractivity contribution in [3.63, 3.8) is 0 Å². The zero-order chi connectivity index (χ0) is 11.5. The van der Waals surface area contributed by atoms with Crippen LogP contribution in [-0.4, -0.2) is 27.2 Å². The van der Waals surface area contributed by atoms with Crippen LogP contribution in [0.4, 0.5) is 5.82 Å². The van der Waals surface area contributed by atoms with Crippen molar-refractivity contribution in [3.8, 4) is 0 Å². The molecule has 0 unspecified atom stereocenters. The van der Waals surface area contributed by atoms with E-state index in [0.29, 0.717) is 6.04 Å². The van der Waals surface area contributed by atoms with Gasteiger partial charge in [-0.2, -0.15) is 0 Å². The number of halogens is 1. The van der Waals surface area contributed by atoms with Crippen LogP contribution in [0.25, 0.3) is 0 Å². The number of hydrogen-bond donors (Lipinski definition) is 2. The lowest BCUT2D eigenvalue weighted by Gasteiger charge is -2.27. The first-order chi connectivity index (χ1) is 7.65. The third-order valence-corrected chi connectivity index (χ3v) is 3.43. The van der Waals surface area contributed by atoms with Gasteiger partial charge < -0.3 is 10.4 Å². The number of nitrogens with one attached hydrogen (secondary N) is 1. The van der Waals surface area contributed by atoms with Crippen molar-refractivity contribution >= 4 is 21.7 Å². The number of aryl methyl sites for hydroxylation is 1. The zero-order valence-electron chi connectivity index (χ0n) is 9.28. The molecule has 88 valence electrons. The molecular weight excluding hydrogens is 270 g/mol. The quantitative estimate of drug-likeness (QED) is 0.875. The van der Waals surface area contributed by atoms with Crippen molar-refractivity contribution in [2.45, 2.75) is 44.8 Å². The third kappa shape index (κ3) is 2.92. The molecule has 2 rings (SSSR count). The van der Waals surface area contributed by atoms with E-state index in [1.165, 1.54) is 0 Å². The first-order valence-electron chi connectivity index (χ1n) is 5.59. The Morgan fingerprint density at radius 1 is 1.50 bits per heavy atom. The zero-order valence-corrected chi connectivity index (χ0v) is 10.9. The molecule has 2 N–H and O–H groups in total. The lowest BCUT2D eigenvalue weighted by molar-refractivity contribution is 0.124. The van der Waals surface area contributed by atoms with E-state index in [2.05, 4.69) is 31.2 Å². The second-order valence-electron chi connectivity index (χ2n) is 4.28. The predicted octanol–water partition coefficient (Wildman–Crippen LogP) is 2.26. The summed E-state index contributed by atoms with van der Waals surface area (Å²) in [6.07, 6.45) is 5.46. The number of aliphatic hydroxyl groups is 1. The molecule has 0 spiro atoms. The maximum atomic E-state index is 9.60. The monoisotopic (exact) mass is 285 g/mol. The Morgan fingerprint density at radius 3 is 3.06 bits per heavy atom. The van der Waals surface area contributed by atoms with E-state index < -0.39 is 0 Å². The second kappa shape index (κ2) is 5.10. The molecule has 0 aliphatic heterocycles. The Balaban J connectivity index is 2.05. The summed E-state index contributed by atoms with van der Waals surface area (Å²) in [5.41, 5.74) is 0.